The Morgan fingerprint density at radius 2 is 2.09 bits per heavy atom. The van der Waals surface area contributed by atoms with E-state index in [9.17, 15) is 14.0 Å². The van der Waals surface area contributed by atoms with Gasteiger partial charge in [0.15, 0.2) is 0 Å². The highest BCUT2D eigenvalue weighted by Crippen LogP contribution is 2.11. The van der Waals surface area contributed by atoms with E-state index in [-0.39, 0.29) is 24.2 Å². The Kier molecular flexibility index (Phi) is 4.32. The molecule has 1 saturated heterocycles. The van der Waals surface area contributed by atoms with Gasteiger partial charge in [0.1, 0.15) is 11.5 Å². The zero-order valence-electron chi connectivity index (χ0n) is 12.5. The normalized spacial score (nSPS) is 14.5. The first-order valence-electron chi connectivity index (χ1n) is 7.38. The Hall–Kier alpha value is -2.76. The van der Waals surface area contributed by atoms with E-state index in [4.69, 9.17) is 0 Å². The molecule has 2 amide bonds. The van der Waals surface area contributed by atoms with E-state index in [1.54, 1.807) is 24.3 Å². The summed E-state index contributed by atoms with van der Waals surface area (Å²) >= 11 is 0. The molecule has 1 aromatic heterocycles. The van der Waals surface area contributed by atoms with Crippen LogP contribution in [-0.2, 0) is 11.2 Å². The van der Waals surface area contributed by atoms with Crippen molar-refractivity contribution in [3.05, 3.63) is 65.2 Å². The van der Waals surface area contributed by atoms with Gasteiger partial charge in [0.2, 0.25) is 5.91 Å². The minimum absolute atomic E-state index is 0.0502. The maximum absolute atomic E-state index is 13.2. The summed E-state index contributed by atoms with van der Waals surface area (Å²) in [6.07, 6.45) is 0.444. The Labute approximate surface area is 133 Å². The van der Waals surface area contributed by atoms with Crippen LogP contribution in [0.1, 0.15) is 21.7 Å². The Morgan fingerprint density at radius 1 is 1.26 bits per heavy atom. The molecule has 1 fully saturated rings. The minimum atomic E-state index is -0.297. The highest BCUT2D eigenvalue weighted by molar-refractivity contribution is 5.95. The molecule has 2 heterocycles. The highest BCUT2D eigenvalue weighted by Gasteiger charge is 2.23. The van der Waals surface area contributed by atoms with Gasteiger partial charge in [0, 0.05) is 25.2 Å². The molecule has 0 bridgehead atoms. The van der Waals surface area contributed by atoms with Crippen molar-refractivity contribution in [1.82, 2.24) is 15.2 Å². The Bertz CT molecular complexity index is 748. The van der Waals surface area contributed by atoms with Gasteiger partial charge in [-0.15, -0.1) is 0 Å². The molecule has 1 aliphatic rings. The van der Waals surface area contributed by atoms with Crippen molar-refractivity contribution >= 4 is 11.8 Å². The third kappa shape index (κ3) is 3.71. The maximum atomic E-state index is 13.2. The number of benzene rings is 1. The lowest BCUT2D eigenvalue weighted by molar-refractivity contribution is -0.123. The van der Waals surface area contributed by atoms with E-state index in [2.05, 4.69) is 10.3 Å². The second kappa shape index (κ2) is 6.56. The van der Waals surface area contributed by atoms with Crippen molar-refractivity contribution in [3.8, 4) is 0 Å². The van der Waals surface area contributed by atoms with Gasteiger partial charge in [-0.1, -0.05) is 18.2 Å². The van der Waals surface area contributed by atoms with E-state index in [0.717, 1.165) is 5.56 Å². The van der Waals surface area contributed by atoms with Gasteiger partial charge in [-0.3, -0.25) is 9.59 Å². The zero-order chi connectivity index (χ0) is 16.2. The summed E-state index contributed by atoms with van der Waals surface area (Å²) in [6.45, 7) is 0.975. The number of carbonyl (C=O) groups excluding carboxylic acids is 2. The predicted octanol–water partition coefficient (Wildman–Crippen LogP) is 1.38. The predicted molar refractivity (Wildman–Crippen MR) is 82.4 cm³/mol. The fourth-order valence-corrected chi connectivity index (χ4v) is 2.53. The van der Waals surface area contributed by atoms with Gasteiger partial charge < -0.3 is 10.2 Å². The van der Waals surface area contributed by atoms with E-state index < -0.39 is 0 Å². The number of nitrogens with zero attached hydrogens (tertiary/aromatic N) is 2. The molecule has 2 aromatic rings. The average molecular weight is 313 g/mol. The minimum Gasteiger partial charge on any atom is -0.353 e. The van der Waals surface area contributed by atoms with E-state index in [0.29, 0.717) is 30.9 Å². The van der Waals surface area contributed by atoms with Gasteiger partial charge in [0.05, 0.1) is 6.54 Å². The van der Waals surface area contributed by atoms with E-state index in [1.165, 1.54) is 17.0 Å². The number of carbonyl (C=O) groups is 2. The fraction of sp³-hybridized carbons (Fsp3) is 0.235. The quantitative estimate of drug-likeness (QED) is 0.931. The molecular formula is C17H16FN3O2. The molecule has 1 aliphatic heterocycles. The number of aromatic nitrogens is 1. The van der Waals surface area contributed by atoms with Gasteiger partial charge in [-0.25, -0.2) is 9.37 Å². The van der Waals surface area contributed by atoms with Crippen molar-refractivity contribution in [2.24, 2.45) is 0 Å². The summed E-state index contributed by atoms with van der Waals surface area (Å²) in [5.41, 5.74) is 1.77. The first-order valence-corrected chi connectivity index (χ1v) is 7.38. The summed E-state index contributed by atoms with van der Waals surface area (Å²) in [5, 5.41) is 2.68. The number of pyridine rings is 1. The van der Waals surface area contributed by atoms with Crippen molar-refractivity contribution in [3.63, 3.8) is 0 Å². The number of nitrogens with one attached hydrogen (secondary N) is 1. The monoisotopic (exact) mass is 313 g/mol. The molecule has 5 nitrogen and oxygen atoms in total. The van der Waals surface area contributed by atoms with Crippen LogP contribution in [0.3, 0.4) is 0 Å². The Morgan fingerprint density at radius 3 is 2.87 bits per heavy atom. The molecule has 0 aliphatic carbocycles. The molecule has 0 atom stereocenters. The number of piperazine rings is 1. The smallest absolute Gasteiger partial charge is 0.272 e. The lowest BCUT2D eigenvalue weighted by atomic mass is 10.1. The molecule has 0 saturated carbocycles. The largest absolute Gasteiger partial charge is 0.353 e. The van der Waals surface area contributed by atoms with Crippen molar-refractivity contribution < 1.29 is 14.0 Å². The molecule has 1 N–H and O–H groups in total. The number of amides is 2. The molecule has 0 radical (unpaired) electrons. The summed E-state index contributed by atoms with van der Waals surface area (Å²) in [6, 6.07) is 11.5. The molecule has 1 aromatic carbocycles. The number of hydrogen-bond acceptors (Lipinski definition) is 3. The first kappa shape index (κ1) is 15.1. The molecule has 118 valence electrons. The summed E-state index contributed by atoms with van der Waals surface area (Å²) in [5.74, 6) is -0.726. The van der Waals surface area contributed by atoms with E-state index in [1.807, 2.05) is 6.07 Å². The first-order chi connectivity index (χ1) is 11.1. The fourth-order valence-electron chi connectivity index (χ4n) is 2.53. The zero-order valence-corrected chi connectivity index (χ0v) is 12.5. The number of hydrogen-bond donors (Lipinski definition) is 1. The summed E-state index contributed by atoms with van der Waals surface area (Å²) < 4.78 is 13.2. The van der Waals surface area contributed by atoms with Gasteiger partial charge in [0.25, 0.3) is 5.91 Å². The lowest BCUT2D eigenvalue weighted by Crippen LogP contribution is -2.50. The average Bonchev–Trinajstić information content (AvgIpc) is 2.54. The van der Waals surface area contributed by atoms with E-state index >= 15 is 0 Å². The lowest BCUT2D eigenvalue weighted by Gasteiger charge is -2.26. The summed E-state index contributed by atoms with van der Waals surface area (Å²) in [7, 11) is 0. The molecular weight excluding hydrogens is 297 g/mol. The van der Waals surface area contributed by atoms with Crippen molar-refractivity contribution in [2.45, 2.75) is 6.42 Å². The van der Waals surface area contributed by atoms with Crippen LogP contribution in [0, 0.1) is 5.82 Å². The summed E-state index contributed by atoms with van der Waals surface area (Å²) in [4.78, 5) is 29.6. The SMILES string of the molecule is O=C1CN(C(=O)c2cccc(Cc3cccc(F)c3)n2)CCN1. The molecule has 0 unspecified atom stereocenters. The van der Waals surface area contributed by atoms with Crippen molar-refractivity contribution in [2.75, 3.05) is 19.6 Å². The molecule has 0 spiro atoms. The Balaban J connectivity index is 1.76. The van der Waals surface area contributed by atoms with Crippen LogP contribution in [0.5, 0.6) is 0 Å². The van der Waals surface area contributed by atoms with Crippen LogP contribution in [0.25, 0.3) is 0 Å². The second-order valence-electron chi connectivity index (χ2n) is 5.40. The van der Waals surface area contributed by atoms with Crippen LogP contribution in [0.2, 0.25) is 0 Å². The topological polar surface area (TPSA) is 62.3 Å². The van der Waals surface area contributed by atoms with Crippen LogP contribution in [0.15, 0.2) is 42.5 Å². The maximum Gasteiger partial charge on any atom is 0.272 e. The van der Waals surface area contributed by atoms with Crippen molar-refractivity contribution in [1.29, 1.82) is 0 Å². The second-order valence-corrected chi connectivity index (χ2v) is 5.40. The third-order valence-corrected chi connectivity index (χ3v) is 3.63. The highest BCUT2D eigenvalue weighted by atomic mass is 19.1. The van der Waals surface area contributed by atoms with Crippen LogP contribution in [0.4, 0.5) is 4.39 Å². The molecule has 23 heavy (non-hydrogen) atoms. The van der Waals surface area contributed by atoms with Crippen LogP contribution < -0.4 is 5.32 Å². The van der Waals surface area contributed by atoms with Gasteiger partial charge in [-0.2, -0.15) is 0 Å². The standard InChI is InChI=1S/C17H16FN3O2/c18-13-4-1-3-12(9-13)10-14-5-2-6-15(20-14)17(23)21-8-7-19-16(22)11-21/h1-6,9H,7-8,10-11H2,(H,19,22). The third-order valence-electron chi connectivity index (χ3n) is 3.63. The molecule has 6 heteroatoms. The number of rotatable bonds is 3. The van der Waals surface area contributed by atoms with Crippen LogP contribution >= 0.6 is 0 Å². The number of halogens is 1. The van der Waals surface area contributed by atoms with Gasteiger partial charge in [-0.05, 0) is 29.8 Å². The van der Waals surface area contributed by atoms with Gasteiger partial charge >= 0.3 is 0 Å². The molecule has 3 rings (SSSR count). The van der Waals surface area contributed by atoms with Crippen LogP contribution in [-0.4, -0.2) is 41.3 Å².